The molecule has 2 rings (SSSR count). The summed E-state index contributed by atoms with van der Waals surface area (Å²) in [6, 6.07) is 9.07. The highest BCUT2D eigenvalue weighted by Gasteiger charge is 2.14. The quantitative estimate of drug-likeness (QED) is 0.615. The molecule has 0 aromatic heterocycles. The van der Waals surface area contributed by atoms with E-state index in [9.17, 15) is 8.78 Å². The Bertz CT molecular complexity index is 562. The van der Waals surface area contributed by atoms with Gasteiger partial charge in [0.15, 0.2) is 0 Å². The van der Waals surface area contributed by atoms with Gasteiger partial charge in [0.05, 0.1) is 0 Å². The standard InChI is InChI=1S/C13H7Cl3F2/c14-9-2-1-3-10(15)12(9)8-5-4-7(13(17)18)6-11(8)16/h1-6,13H. The van der Waals surface area contributed by atoms with E-state index in [1.54, 1.807) is 18.2 Å². The van der Waals surface area contributed by atoms with E-state index in [-0.39, 0.29) is 10.6 Å². The molecule has 0 aliphatic carbocycles. The van der Waals surface area contributed by atoms with Gasteiger partial charge in [0.1, 0.15) is 0 Å². The first kappa shape index (κ1) is 13.6. The Morgan fingerprint density at radius 3 is 1.94 bits per heavy atom. The van der Waals surface area contributed by atoms with Gasteiger partial charge in [-0.1, -0.05) is 53.0 Å². The van der Waals surface area contributed by atoms with Gasteiger partial charge in [0, 0.05) is 31.8 Å². The Hall–Kier alpha value is -0.830. The Balaban J connectivity index is 2.59. The lowest BCUT2D eigenvalue weighted by Gasteiger charge is -2.10. The van der Waals surface area contributed by atoms with Crippen LogP contribution in [0.5, 0.6) is 0 Å². The summed E-state index contributed by atoms with van der Waals surface area (Å²) in [5.41, 5.74) is 0.954. The minimum atomic E-state index is -2.56. The molecule has 0 saturated carbocycles. The molecule has 0 nitrogen and oxygen atoms in total. The minimum absolute atomic E-state index is 0.132. The predicted molar refractivity (Wildman–Crippen MR) is 71.9 cm³/mol. The van der Waals surface area contributed by atoms with Gasteiger partial charge in [0.25, 0.3) is 6.43 Å². The van der Waals surface area contributed by atoms with Crippen molar-refractivity contribution in [3.63, 3.8) is 0 Å². The molecule has 0 amide bonds. The molecule has 0 aliphatic heterocycles. The first-order valence-corrected chi connectivity index (χ1v) is 6.16. The van der Waals surface area contributed by atoms with Crippen molar-refractivity contribution < 1.29 is 8.78 Å². The monoisotopic (exact) mass is 306 g/mol. The number of benzene rings is 2. The van der Waals surface area contributed by atoms with Crippen molar-refractivity contribution in [2.45, 2.75) is 6.43 Å². The summed E-state index contributed by atoms with van der Waals surface area (Å²) in [5.74, 6) is 0. The highest BCUT2D eigenvalue weighted by atomic mass is 35.5. The van der Waals surface area contributed by atoms with Crippen LogP contribution in [0, 0.1) is 0 Å². The third-order valence-corrected chi connectivity index (χ3v) is 3.42. The summed E-state index contributed by atoms with van der Waals surface area (Å²) >= 11 is 18.1. The van der Waals surface area contributed by atoms with E-state index in [4.69, 9.17) is 34.8 Å². The largest absolute Gasteiger partial charge is 0.263 e. The summed E-state index contributed by atoms with van der Waals surface area (Å²) in [6.45, 7) is 0. The van der Waals surface area contributed by atoms with Crippen LogP contribution in [-0.4, -0.2) is 0 Å². The predicted octanol–water partition coefficient (Wildman–Crippen LogP) is 6.25. The van der Waals surface area contributed by atoms with Gasteiger partial charge in [0.2, 0.25) is 0 Å². The number of rotatable bonds is 2. The van der Waals surface area contributed by atoms with E-state index in [0.29, 0.717) is 21.2 Å². The summed E-state index contributed by atoms with van der Waals surface area (Å²) in [6.07, 6.45) is -2.56. The van der Waals surface area contributed by atoms with E-state index in [0.717, 1.165) is 0 Å². The number of hydrogen-bond acceptors (Lipinski definition) is 0. The van der Waals surface area contributed by atoms with Crippen LogP contribution >= 0.6 is 34.8 Å². The van der Waals surface area contributed by atoms with Gasteiger partial charge in [-0.2, -0.15) is 0 Å². The SMILES string of the molecule is FC(F)c1ccc(-c2c(Cl)cccc2Cl)c(Cl)c1. The van der Waals surface area contributed by atoms with Crippen LogP contribution in [0.3, 0.4) is 0 Å². The fraction of sp³-hybridized carbons (Fsp3) is 0.0769. The van der Waals surface area contributed by atoms with Crippen molar-refractivity contribution in [1.82, 2.24) is 0 Å². The summed E-state index contributed by atoms with van der Waals surface area (Å²) in [7, 11) is 0. The van der Waals surface area contributed by atoms with Gasteiger partial charge >= 0.3 is 0 Å². The molecule has 0 radical (unpaired) electrons. The minimum Gasteiger partial charge on any atom is -0.205 e. The molecule has 0 saturated heterocycles. The molecule has 0 unspecified atom stereocenters. The molecule has 2 aromatic rings. The van der Waals surface area contributed by atoms with Crippen LogP contribution < -0.4 is 0 Å². The lowest BCUT2D eigenvalue weighted by molar-refractivity contribution is 0.151. The number of halogens is 5. The number of hydrogen-bond donors (Lipinski definition) is 0. The molecule has 0 N–H and O–H groups in total. The third kappa shape index (κ3) is 2.61. The summed E-state index contributed by atoms with van der Waals surface area (Å²) in [4.78, 5) is 0. The zero-order valence-corrected chi connectivity index (χ0v) is 11.2. The lowest BCUT2D eigenvalue weighted by Crippen LogP contribution is -1.88. The molecule has 0 atom stereocenters. The average Bonchev–Trinajstić information content (AvgIpc) is 2.30. The van der Waals surface area contributed by atoms with Crippen molar-refractivity contribution in [2.24, 2.45) is 0 Å². The normalized spacial score (nSPS) is 11.0. The van der Waals surface area contributed by atoms with E-state index in [1.165, 1.54) is 18.2 Å². The maximum Gasteiger partial charge on any atom is 0.263 e. The van der Waals surface area contributed by atoms with Crippen LogP contribution in [0.1, 0.15) is 12.0 Å². The summed E-state index contributed by atoms with van der Waals surface area (Å²) in [5, 5.41) is 1.05. The summed E-state index contributed by atoms with van der Waals surface area (Å²) < 4.78 is 25.1. The van der Waals surface area contributed by atoms with E-state index >= 15 is 0 Å². The first-order chi connectivity index (χ1) is 8.50. The second-order valence-electron chi connectivity index (χ2n) is 3.64. The molecule has 0 spiro atoms. The Labute approximate surface area is 118 Å². The van der Waals surface area contributed by atoms with E-state index in [2.05, 4.69) is 0 Å². The molecule has 0 bridgehead atoms. The van der Waals surface area contributed by atoms with Gasteiger partial charge in [-0.3, -0.25) is 0 Å². The second kappa shape index (κ2) is 5.43. The molecule has 0 heterocycles. The van der Waals surface area contributed by atoms with Gasteiger partial charge in [-0.05, 0) is 18.2 Å². The Kier molecular flexibility index (Phi) is 4.10. The fourth-order valence-corrected chi connectivity index (χ4v) is 2.51. The van der Waals surface area contributed by atoms with Gasteiger partial charge in [-0.15, -0.1) is 0 Å². The van der Waals surface area contributed by atoms with Crippen molar-refractivity contribution in [2.75, 3.05) is 0 Å². The van der Waals surface area contributed by atoms with Crippen LogP contribution in [0.4, 0.5) is 8.78 Å². The maximum absolute atomic E-state index is 12.5. The molecule has 0 aliphatic rings. The van der Waals surface area contributed by atoms with Crippen molar-refractivity contribution in [1.29, 1.82) is 0 Å². The smallest absolute Gasteiger partial charge is 0.205 e. The Morgan fingerprint density at radius 2 is 1.44 bits per heavy atom. The van der Waals surface area contributed by atoms with E-state index < -0.39 is 6.43 Å². The fourth-order valence-electron chi connectivity index (χ4n) is 1.62. The molecular formula is C13H7Cl3F2. The zero-order chi connectivity index (χ0) is 13.3. The van der Waals surface area contributed by atoms with Gasteiger partial charge in [-0.25, -0.2) is 8.78 Å². The van der Waals surface area contributed by atoms with Crippen LogP contribution in [0.15, 0.2) is 36.4 Å². The van der Waals surface area contributed by atoms with Crippen LogP contribution in [0.2, 0.25) is 15.1 Å². The first-order valence-electron chi connectivity index (χ1n) is 5.02. The third-order valence-electron chi connectivity index (χ3n) is 2.48. The highest BCUT2D eigenvalue weighted by Crippen LogP contribution is 2.39. The van der Waals surface area contributed by atoms with Crippen molar-refractivity contribution >= 4 is 34.8 Å². The maximum atomic E-state index is 12.5. The van der Waals surface area contributed by atoms with Crippen molar-refractivity contribution in [3.8, 4) is 11.1 Å². The molecule has 2 aromatic carbocycles. The number of alkyl halides is 2. The highest BCUT2D eigenvalue weighted by molar-refractivity contribution is 6.41. The molecular weight excluding hydrogens is 300 g/mol. The topological polar surface area (TPSA) is 0 Å². The molecule has 18 heavy (non-hydrogen) atoms. The molecule has 5 heteroatoms. The van der Waals surface area contributed by atoms with Crippen molar-refractivity contribution in [3.05, 3.63) is 57.0 Å². The Morgan fingerprint density at radius 1 is 0.833 bits per heavy atom. The van der Waals surface area contributed by atoms with Crippen LogP contribution in [0.25, 0.3) is 11.1 Å². The zero-order valence-electron chi connectivity index (χ0n) is 8.93. The van der Waals surface area contributed by atoms with Crippen LogP contribution in [-0.2, 0) is 0 Å². The van der Waals surface area contributed by atoms with Gasteiger partial charge < -0.3 is 0 Å². The lowest BCUT2D eigenvalue weighted by atomic mass is 10.0. The second-order valence-corrected chi connectivity index (χ2v) is 4.86. The molecule has 94 valence electrons. The average molecular weight is 308 g/mol. The molecule has 0 fully saturated rings. The van der Waals surface area contributed by atoms with E-state index in [1.807, 2.05) is 0 Å².